The highest BCUT2D eigenvalue weighted by Gasteiger charge is 2.39. The molecule has 3 rings (SSSR count). The van der Waals surface area contributed by atoms with Crippen LogP contribution in [0.15, 0.2) is 30.0 Å². The molecule has 8 heteroatoms. The summed E-state index contributed by atoms with van der Waals surface area (Å²) in [6, 6.07) is 4.68. The van der Waals surface area contributed by atoms with E-state index >= 15 is 0 Å². The standard InChI is InChI=1S/C16H14N2O6/c1-16(2)23-14(21)9(15(22)24-16)7-17-10-6-4-5-8-11(10)13(20)18(3)12(8)19/h4-7,17H,1-3H3. The Morgan fingerprint density at radius 2 is 1.67 bits per heavy atom. The molecule has 0 saturated carbocycles. The van der Waals surface area contributed by atoms with Crippen LogP contribution in [0.2, 0.25) is 0 Å². The van der Waals surface area contributed by atoms with E-state index in [1.54, 1.807) is 12.1 Å². The van der Waals surface area contributed by atoms with E-state index in [0.29, 0.717) is 5.69 Å². The lowest BCUT2D eigenvalue weighted by Gasteiger charge is -2.29. The van der Waals surface area contributed by atoms with Crippen LogP contribution >= 0.6 is 0 Å². The monoisotopic (exact) mass is 330 g/mol. The lowest BCUT2D eigenvalue weighted by molar-refractivity contribution is -0.222. The highest BCUT2D eigenvalue weighted by atomic mass is 16.7. The fraction of sp³-hybridized carbons (Fsp3) is 0.250. The first-order valence-corrected chi connectivity index (χ1v) is 7.10. The van der Waals surface area contributed by atoms with Gasteiger partial charge in [-0.3, -0.25) is 14.5 Å². The van der Waals surface area contributed by atoms with E-state index in [9.17, 15) is 19.2 Å². The van der Waals surface area contributed by atoms with E-state index in [4.69, 9.17) is 9.47 Å². The van der Waals surface area contributed by atoms with Gasteiger partial charge in [-0.2, -0.15) is 0 Å². The van der Waals surface area contributed by atoms with Crippen molar-refractivity contribution in [3.8, 4) is 0 Å². The first-order chi connectivity index (χ1) is 11.2. The number of hydrogen-bond donors (Lipinski definition) is 1. The number of carbonyl (C=O) groups is 4. The summed E-state index contributed by atoms with van der Waals surface area (Å²) in [4.78, 5) is 48.9. The highest BCUT2D eigenvalue weighted by molar-refractivity contribution is 6.23. The molecule has 1 fully saturated rings. The number of rotatable bonds is 2. The maximum atomic E-state index is 12.2. The summed E-state index contributed by atoms with van der Waals surface area (Å²) in [6.45, 7) is 2.88. The van der Waals surface area contributed by atoms with Crippen molar-refractivity contribution >= 4 is 29.4 Å². The fourth-order valence-corrected chi connectivity index (χ4v) is 2.45. The molecule has 2 aliphatic heterocycles. The number of nitrogens with zero attached hydrogens (tertiary/aromatic N) is 1. The predicted octanol–water partition coefficient (Wildman–Crippen LogP) is 1.04. The summed E-state index contributed by atoms with van der Waals surface area (Å²) in [5.41, 5.74) is 0.394. The van der Waals surface area contributed by atoms with Crippen molar-refractivity contribution in [2.75, 3.05) is 12.4 Å². The molecule has 8 nitrogen and oxygen atoms in total. The number of imide groups is 1. The molecule has 0 bridgehead atoms. The van der Waals surface area contributed by atoms with Crippen LogP contribution < -0.4 is 5.32 Å². The Balaban J connectivity index is 1.92. The molecule has 0 atom stereocenters. The van der Waals surface area contributed by atoms with Crippen molar-refractivity contribution < 1.29 is 28.7 Å². The maximum Gasteiger partial charge on any atom is 0.350 e. The second-order valence-corrected chi connectivity index (χ2v) is 5.78. The van der Waals surface area contributed by atoms with Gasteiger partial charge in [-0.15, -0.1) is 0 Å². The molecule has 2 heterocycles. The van der Waals surface area contributed by atoms with Gasteiger partial charge in [0, 0.05) is 27.1 Å². The predicted molar refractivity (Wildman–Crippen MR) is 80.8 cm³/mol. The number of carbonyl (C=O) groups excluding carboxylic acids is 4. The number of nitrogens with one attached hydrogen (secondary N) is 1. The molecule has 0 radical (unpaired) electrons. The zero-order valence-electron chi connectivity index (χ0n) is 13.2. The largest absolute Gasteiger partial charge is 0.419 e. The summed E-state index contributed by atoms with van der Waals surface area (Å²) in [7, 11) is 1.38. The van der Waals surface area contributed by atoms with Gasteiger partial charge in [0.2, 0.25) is 0 Å². The Hall–Kier alpha value is -3.16. The molecule has 1 aromatic rings. The lowest BCUT2D eigenvalue weighted by atomic mass is 10.1. The molecule has 124 valence electrons. The zero-order chi connectivity index (χ0) is 17.6. The summed E-state index contributed by atoms with van der Waals surface area (Å²) in [5, 5.41) is 2.71. The normalized spacial score (nSPS) is 19.0. The Bertz CT molecular complexity index is 802. The molecule has 2 aliphatic rings. The van der Waals surface area contributed by atoms with Gasteiger partial charge in [0.05, 0.1) is 16.8 Å². The van der Waals surface area contributed by atoms with E-state index in [1.807, 2.05) is 0 Å². The minimum atomic E-state index is -1.33. The smallest absolute Gasteiger partial charge is 0.350 e. The van der Waals surface area contributed by atoms with E-state index < -0.39 is 29.5 Å². The van der Waals surface area contributed by atoms with Gasteiger partial charge in [-0.25, -0.2) is 9.59 Å². The number of benzene rings is 1. The van der Waals surface area contributed by atoms with Gasteiger partial charge in [0.25, 0.3) is 17.6 Å². The van der Waals surface area contributed by atoms with Gasteiger partial charge >= 0.3 is 11.9 Å². The Labute approximate surface area is 137 Å². The molecule has 0 unspecified atom stereocenters. The summed E-state index contributed by atoms with van der Waals surface area (Å²) < 4.78 is 9.95. The van der Waals surface area contributed by atoms with Crippen LogP contribution in [0.5, 0.6) is 0 Å². The summed E-state index contributed by atoms with van der Waals surface area (Å²) in [6.07, 6.45) is 1.10. The first kappa shape index (κ1) is 15.7. The Morgan fingerprint density at radius 3 is 2.29 bits per heavy atom. The number of anilines is 1. The highest BCUT2D eigenvalue weighted by Crippen LogP contribution is 2.29. The van der Waals surface area contributed by atoms with Gasteiger partial charge in [0.15, 0.2) is 5.57 Å². The van der Waals surface area contributed by atoms with Crippen LogP contribution in [0.4, 0.5) is 5.69 Å². The molecule has 1 N–H and O–H groups in total. The average Bonchev–Trinajstić information content (AvgIpc) is 2.71. The molecular formula is C16H14N2O6. The third-order valence-corrected chi connectivity index (χ3v) is 3.61. The second-order valence-electron chi connectivity index (χ2n) is 5.78. The van der Waals surface area contributed by atoms with Crippen molar-refractivity contribution in [1.29, 1.82) is 0 Å². The SMILES string of the molecule is CN1C(=O)c2cccc(NC=C3C(=O)OC(C)(C)OC3=O)c2C1=O. The van der Waals surface area contributed by atoms with E-state index in [2.05, 4.69) is 5.32 Å². The van der Waals surface area contributed by atoms with E-state index in [-0.39, 0.29) is 16.7 Å². The van der Waals surface area contributed by atoms with Crippen LogP contribution in [0.3, 0.4) is 0 Å². The molecular weight excluding hydrogens is 316 g/mol. The Kier molecular flexibility index (Phi) is 3.40. The summed E-state index contributed by atoms with van der Waals surface area (Å²) >= 11 is 0. The molecule has 1 saturated heterocycles. The molecule has 24 heavy (non-hydrogen) atoms. The van der Waals surface area contributed by atoms with Gasteiger partial charge < -0.3 is 14.8 Å². The minimum Gasteiger partial charge on any atom is -0.419 e. The number of fused-ring (bicyclic) bond motifs is 1. The first-order valence-electron chi connectivity index (χ1n) is 7.10. The van der Waals surface area contributed by atoms with Crippen molar-refractivity contribution in [2.45, 2.75) is 19.6 Å². The quantitative estimate of drug-likeness (QED) is 0.374. The van der Waals surface area contributed by atoms with Crippen LogP contribution in [0.25, 0.3) is 0 Å². The van der Waals surface area contributed by atoms with Crippen LogP contribution in [-0.2, 0) is 19.1 Å². The molecule has 0 aromatic heterocycles. The van der Waals surface area contributed by atoms with Gasteiger partial charge in [0.1, 0.15) is 0 Å². The van der Waals surface area contributed by atoms with Crippen molar-refractivity contribution in [1.82, 2.24) is 4.90 Å². The number of ether oxygens (including phenoxy) is 2. The van der Waals surface area contributed by atoms with Crippen molar-refractivity contribution in [2.24, 2.45) is 0 Å². The molecule has 0 aliphatic carbocycles. The third-order valence-electron chi connectivity index (χ3n) is 3.61. The average molecular weight is 330 g/mol. The Morgan fingerprint density at radius 1 is 1.04 bits per heavy atom. The molecule has 2 amide bonds. The topological polar surface area (TPSA) is 102 Å². The number of hydrogen-bond acceptors (Lipinski definition) is 7. The van der Waals surface area contributed by atoms with Crippen molar-refractivity contribution in [3.05, 3.63) is 41.1 Å². The number of esters is 2. The van der Waals surface area contributed by atoms with E-state index in [0.717, 1.165) is 11.1 Å². The fourth-order valence-electron chi connectivity index (χ4n) is 2.45. The van der Waals surface area contributed by atoms with Crippen molar-refractivity contribution in [3.63, 3.8) is 0 Å². The van der Waals surface area contributed by atoms with Gasteiger partial charge in [-0.05, 0) is 12.1 Å². The third kappa shape index (κ3) is 2.41. The number of amides is 2. The van der Waals surface area contributed by atoms with Gasteiger partial charge in [-0.1, -0.05) is 6.07 Å². The number of cyclic esters (lactones) is 2. The summed E-state index contributed by atoms with van der Waals surface area (Å²) in [5.74, 6) is -3.88. The van der Waals surface area contributed by atoms with Crippen LogP contribution in [-0.4, -0.2) is 41.5 Å². The lowest BCUT2D eigenvalue weighted by Crippen LogP contribution is -2.42. The molecule has 0 spiro atoms. The van der Waals surface area contributed by atoms with Crippen LogP contribution in [0.1, 0.15) is 34.6 Å². The van der Waals surface area contributed by atoms with Crippen LogP contribution in [0, 0.1) is 0 Å². The maximum absolute atomic E-state index is 12.2. The molecule has 1 aromatic carbocycles. The minimum absolute atomic E-state index is 0.180. The van der Waals surface area contributed by atoms with E-state index in [1.165, 1.54) is 27.0 Å². The second kappa shape index (κ2) is 5.19. The zero-order valence-corrected chi connectivity index (χ0v) is 13.2.